The first-order valence-corrected chi connectivity index (χ1v) is 4.90. The molecule has 84 valence electrons. The van der Waals surface area contributed by atoms with Crippen molar-refractivity contribution in [3.05, 3.63) is 47.4 Å². The van der Waals surface area contributed by atoms with Gasteiger partial charge in [0.05, 0.1) is 0 Å². The third kappa shape index (κ3) is 2.43. The van der Waals surface area contributed by atoms with Crippen molar-refractivity contribution in [2.75, 3.05) is 0 Å². The van der Waals surface area contributed by atoms with Crippen LogP contribution in [0, 0.1) is 5.82 Å². The molecule has 1 unspecified atom stereocenters. The van der Waals surface area contributed by atoms with Crippen LogP contribution in [0.3, 0.4) is 0 Å². The zero-order valence-corrected chi connectivity index (χ0v) is 8.72. The van der Waals surface area contributed by atoms with E-state index in [0.717, 1.165) is 5.56 Å². The second kappa shape index (κ2) is 4.40. The molecule has 1 heterocycles. The molecule has 0 saturated heterocycles. The van der Waals surface area contributed by atoms with Crippen LogP contribution in [0.1, 0.15) is 30.3 Å². The SMILES string of the molecule is CC(O)c1nc(Cc2ccc(F)cc2)no1. The van der Waals surface area contributed by atoms with Crippen LogP contribution < -0.4 is 0 Å². The minimum Gasteiger partial charge on any atom is -0.384 e. The van der Waals surface area contributed by atoms with Crippen molar-refractivity contribution in [3.63, 3.8) is 0 Å². The van der Waals surface area contributed by atoms with Crippen molar-refractivity contribution in [1.29, 1.82) is 0 Å². The van der Waals surface area contributed by atoms with Crippen LogP contribution >= 0.6 is 0 Å². The summed E-state index contributed by atoms with van der Waals surface area (Å²) >= 11 is 0. The third-order valence-corrected chi connectivity index (χ3v) is 2.12. The van der Waals surface area contributed by atoms with Crippen molar-refractivity contribution in [2.24, 2.45) is 0 Å². The third-order valence-electron chi connectivity index (χ3n) is 2.12. The maximum Gasteiger partial charge on any atom is 0.255 e. The van der Waals surface area contributed by atoms with Gasteiger partial charge in [-0.2, -0.15) is 4.98 Å². The fourth-order valence-electron chi connectivity index (χ4n) is 1.29. The number of rotatable bonds is 3. The van der Waals surface area contributed by atoms with Gasteiger partial charge in [-0.1, -0.05) is 17.3 Å². The molecular weight excluding hydrogens is 211 g/mol. The van der Waals surface area contributed by atoms with Gasteiger partial charge in [0.1, 0.15) is 11.9 Å². The smallest absolute Gasteiger partial charge is 0.255 e. The summed E-state index contributed by atoms with van der Waals surface area (Å²) in [6.07, 6.45) is -0.314. The molecule has 4 nitrogen and oxygen atoms in total. The highest BCUT2D eigenvalue weighted by molar-refractivity contribution is 5.19. The lowest BCUT2D eigenvalue weighted by Gasteiger charge is -1.95. The molecule has 0 amide bonds. The summed E-state index contributed by atoms with van der Waals surface area (Å²) in [4.78, 5) is 4.01. The lowest BCUT2D eigenvalue weighted by atomic mass is 10.1. The highest BCUT2D eigenvalue weighted by atomic mass is 19.1. The van der Waals surface area contributed by atoms with E-state index in [1.54, 1.807) is 19.1 Å². The zero-order chi connectivity index (χ0) is 11.5. The van der Waals surface area contributed by atoms with Gasteiger partial charge in [0.25, 0.3) is 5.89 Å². The standard InChI is InChI=1S/C11H11FN2O2/c1-7(15)11-13-10(14-16-11)6-8-2-4-9(12)5-3-8/h2-5,7,15H,6H2,1H3. The number of benzene rings is 1. The van der Waals surface area contributed by atoms with E-state index >= 15 is 0 Å². The molecule has 5 heteroatoms. The lowest BCUT2D eigenvalue weighted by Crippen LogP contribution is -1.94. The van der Waals surface area contributed by atoms with Gasteiger partial charge in [0.15, 0.2) is 5.82 Å². The van der Waals surface area contributed by atoms with Crippen molar-refractivity contribution in [3.8, 4) is 0 Å². The highest BCUT2D eigenvalue weighted by Gasteiger charge is 2.11. The number of aromatic nitrogens is 2. The number of hydrogen-bond donors (Lipinski definition) is 1. The Kier molecular flexibility index (Phi) is 2.96. The summed E-state index contributed by atoms with van der Waals surface area (Å²) in [5.74, 6) is 0.390. The van der Waals surface area contributed by atoms with E-state index in [9.17, 15) is 9.50 Å². The van der Waals surface area contributed by atoms with Crippen LogP contribution in [-0.2, 0) is 6.42 Å². The van der Waals surface area contributed by atoms with Crippen LogP contribution in [0.4, 0.5) is 4.39 Å². The molecule has 0 bridgehead atoms. The first-order chi connectivity index (χ1) is 7.65. The Balaban J connectivity index is 2.11. The monoisotopic (exact) mass is 222 g/mol. The van der Waals surface area contributed by atoms with Gasteiger partial charge in [-0.25, -0.2) is 4.39 Å². The summed E-state index contributed by atoms with van der Waals surface area (Å²) < 4.78 is 17.5. The second-order valence-corrected chi connectivity index (χ2v) is 3.53. The first-order valence-electron chi connectivity index (χ1n) is 4.90. The van der Waals surface area contributed by atoms with Gasteiger partial charge in [-0.3, -0.25) is 0 Å². The Labute approximate surface area is 91.7 Å². The van der Waals surface area contributed by atoms with Crippen molar-refractivity contribution < 1.29 is 14.0 Å². The second-order valence-electron chi connectivity index (χ2n) is 3.53. The Morgan fingerprint density at radius 3 is 2.62 bits per heavy atom. The number of halogens is 1. The predicted molar refractivity (Wildman–Crippen MR) is 54.1 cm³/mol. The molecule has 2 aromatic rings. The van der Waals surface area contributed by atoms with E-state index in [1.807, 2.05) is 0 Å². The molecule has 0 aliphatic carbocycles. The number of aliphatic hydroxyl groups is 1. The highest BCUT2D eigenvalue weighted by Crippen LogP contribution is 2.12. The molecule has 0 fully saturated rings. The minimum atomic E-state index is -0.769. The van der Waals surface area contributed by atoms with E-state index in [-0.39, 0.29) is 11.7 Å². The Hall–Kier alpha value is -1.75. The maximum atomic E-state index is 12.7. The Bertz CT molecular complexity index is 465. The Morgan fingerprint density at radius 1 is 1.38 bits per heavy atom. The topological polar surface area (TPSA) is 59.2 Å². The Morgan fingerprint density at radius 2 is 2.06 bits per heavy atom. The fraction of sp³-hybridized carbons (Fsp3) is 0.273. The molecule has 0 saturated carbocycles. The molecule has 1 aromatic carbocycles. The van der Waals surface area contributed by atoms with Crippen LogP contribution in [0.5, 0.6) is 0 Å². The summed E-state index contributed by atoms with van der Waals surface area (Å²) in [5.41, 5.74) is 0.888. The molecule has 16 heavy (non-hydrogen) atoms. The molecular formula is C11H11FN2O2. The van der Waals surface area contributed by atoms with Crippen molar-refractivity contribution >= 4 is 0 Å². The van der Waals surface area contributed by atoms with Crippen LogP contribution in [0.15, 0.2) is 28.8 Å². The van der Waals surface area contributed by atoms with E-state index in [4.69, 9.17) is 4.52 Å². The van der Waals surface area contributed by atoms with Crippen molar-refractivity contribution in [1.82, 2.24) is 10.1 Å². The first kappa shape index (κ1) is 10.8. The van der Waals surface area contributed by atoms with Gasteiger partial charge in [-0.15, -0.1) is 0 Å². The quantitative estimate of drug-likeness (QED) is 0.861. The minimum absolute atomic E-state index is 0.192. The molecule has 1 aromatic heterocycles. The predicted octanol–water partition coefficient (Wildman–Crippen LogP) is 1.85. The number of hydrogen-bond acceptors (Lipinski definition) is 4. The maximum absolute atomic E-state index is 12.7. The van der Waals surface area contributed by atoms with Crippen molar-refractivity contribution in [2.45, 2.75) is 19.4 Å². The van der Waals surface area contributed by atoms with Crippen LogP contribution in [0.25, 0.3) is 0 Å². The summed E-state index contributed by atoms with van der Waals surface area (Å²) in [6.45, 7) is 1.55. The summed E-state index contributed by atoms with van der Waals surface area (Å²) in [7, 11) is 0. The summed E-state index contributed by atoms with van der Waals surface area (Å²) in [6, 6.07) is 6.08. The van der Waals surface area contributed by atoms with Gasteiger partial charge < -0.3 is 9.63 Å². The zero-order valence-electron chi connectivity index (χ0n) is 8.72. The summed E-state index contributed by atoms with van der Waals surface area (Å²) in [5, 5.41) is 12.9. The average Bonchev–Trinajstić information content (AvgIpc) is 2.70. The van der Waals surface area contributed by atoms with Gasteiger partial charge >= 0.3 is 0 Å². The molecule has 0 aliphatic heterocycles. The molecule has 0 spiro atoms. The number of nitrogens with zero attached hydrogens (tertiary/aromatic N) is 2. The number of aliphatic hydroxyl groups excluding tert-OH is 1. The average molecular weight is 222 g/mol. The molecule has 0 radical (unpaired) electrons. The van der Waals surface area contributed by atoms with E-state index in [2.05, 4.69) is 10.1 Å². The van der Waals surface area contributed by atoms with Gasteiger partial charge in [-0.05, 0) is 24.6 Å². The fourth-order valence-corrected chi connectivity index (χ4v) is 1.29. The molecule has 0 aliphatic rings. The molecule has 1 N–H and O–H groups in total. The van der Waals surface area contributed by atoms with Gasteiger partial charge in [0.2, 0.25) is 0 Å². The molecule has 2 rings (SSSR count). The van der Waals surface area contributed by atoms with Crippen LogP contribution in [0.2, 0.25) is 0 Å². The largest absolute Gasteiger partial charge is 0.384 e. The van der Waals surface area contributed by atoms with Crippen LogP contribution in [-0.4, -0.2) is 15.2 Å². The molecule has 1 atom stereocenters. The van der Waals surface area contributed by atoms with Gasteiger partial charge in [0, 0.05) is 6.42 Å². The van der Waals surface area contributed by atoms with E-state index < -0.39 is 6.10 Å². The van der Waals surface area contributed by atoms with E-state index in [0.29, 0.717) is 12.2 Å². The van der Waals surface area contributed by atoms with E-state index in [1.165, 1.54) is 12.1 Å². The normalized spacial score (nSPS) is 12.7. The lowest BCUT2D eigenvalue weighted by molar-refractivity contribution is 0.151.